The minimum atomic E-state index is -4.87. The van der Waals surface area contributed by atoms with E-state index in [2.05, 4.69) is 13.8 Å². The molecule has 0 aromatic rings. The molecule has 0 aliphatic heterocycles. The summed E-state index contributed by atoms with van der Waals surface area (Å²) >= 11 is 0. The van der Waals surface area contributed by atoms with Gasteiger partial charge in [-0.3, -0.25) is 28.2 Å². The van der Waals surface area contributed by atoms with Crippen molar-refractivity contribution in [1.29, 1.82) is 0 Å². The number of carbonyl (C=O) groups is 4. The number of ether oxygens (including phenoxy) is 4. The van der Waals surface area contributed by atoms with Crippen molar-refractivity contribution in [2.24, 2.45) is 23.3 Å². The number of hydrogen-bond acceptors (Lipinski definition) is 13. The molecule has 0 saturated carbocycles. The minimum absolute atomic E-state index is 0.0840. The summed E-state index contributed by atoms with van der Waals surface area (Å²) in [6, 6.07) is -1.91. The SMILES string of the molecule is CCCCCCCCCCCCCC(=O)OC[C@H](COP(=O)(O)OCC(COC(=O)[C@@H](N)CC(C)C)OC(=O)[C@@H](N)CC(C)C)OC(=O)CCCCCCCCCCCCC. The molecule has 0 aliphatic carbocycles. The summed E-state index contributed by atoms with van der Waals surface area (Å²) in [5.74, 6) is -2.34. The lowest BCUT2D eigenvalue weighted by Crippen LogP contribution is -2.40. The van der Waals surface area contributed by atoms with Crippen molar-refractivity contribution < 1.29 is 56.6 Å². The highest BCUT2D eigenvalue weighted by atomic mass is 31.2. The number of phosphoric acid groups is 1. The minimum Gasteiger partial charge on any atom is -0.462 e. The highest BCUT2D eigenvalue weighted by molar-refractivity contribution is 7.47. The zero-order chi connectivity index (χ0) is 45.7. The van der Waals surface area contributed by atoms with E-state index in [4.69, 9.17) is 39.5 Å². The third kappa shape index (κ3) is 37.0. The number of esters is 4. The fourth-order valence-electron chi connectivity index (χ4n) is 6.74. The van der Waals surface area contributed by atoms with Crippen molar-refractivity contribution in [2.75, 3.05) is 26.4 Å². The molecule has 14 nitrogen and oxygen atoms in total. The first-order valence-corrected chi connectivity index (χ1v) is 25.4. The standard InChI is InChI=1S/C46H89N2O12P/c1-7-9-11-13-15-17-19-21-23-25-27-29-43(49)55-33-39(59-44(50)30-28-26-24-22-20-18-16-14-12-10-8-2)35-57-61(53,54)58-36-40(60-46(52)42(48)32-38(5)6)34-56-45(51)41(47)31-37(3)4/h37-42H,7-36,47-48H2,1-6H3,(H,53,54)/t39-,40?,41+,42+/m1/s1. The molecule has 0 aromatic carbocycles. The number of rotatable bonds is 42. The molecule has 0 aliphatic rings. The quantitative estimate of drug-likeness (QED) is 0.0225. The van der Waals surface area contributed by atoms with Crippen molar-refractivity contribution in [1.82, 2.24) is 0 Å². The Hall–Kier alpha value is -2.09. The zero-order valence-corrected chi connectivity index (χ0v) is 40.1. The topological polar surface area (TPSA) is 213 Å². The normalized spacial score (nSPS) is 14.6. The number of hydrogen-bond donors (Lipinski definition) is 3. The van der Waals surface area contributed by atoms with Crippen molar-refractivity contribution in [3.8, 4) is 0 Å². The zero-order valence-electron chi connectivity index (χ0n) is 39.2. The average Bonchev–Trinajstić information content (AvgIpc) is 3.20. The number of phosphoric ester groups is 1. The Bertz CT molecular complexity index is 1170. The maximum Gasteiger partial charge on any atom is 0.472 e. The second-order valence-electron chi connectivity index (χ2n) is 17.6. The van der Waals surface area contributed by atoms with Crippen LogP contribution in [0.5, 0.6) is 0 Å². The summed E-state index contributed by atoms with van der Waals surface area (Å²) in [6.07, 6.45) is 23.5. The summed E-state index contributed by atoms with van der Waals surface area (Å²) in [7, 11) is -4.87. The molecule has 0 bridgehead atoms. The van der Waals surface area contributed by atoms with E-state index in [-0.39, 0.29) is 31.3 Å². The Kier molecular flexibility index (Phi) is 37.1. The second-order valence-corrected chi connectivity index (χ2v) is 19.0. The van der Waals surface area contributed by atoms with Crippen LogP contribution in [0.1, 0.15) is 208 Å². The predicted molar refractivity (Wildman–Crippen MR) is 240 cm³/mol. The molecule has 61 heavy (non-hydrogen) atoms. The number of carbonyl (C=O) groups excluding carboxylic acids is 4. The average molecular weight is 893 g/mol. The van der Waals surface area contributed by atoms with Gasteiger partial charge < -0.3 is 35.3 Å². The molecule has 360 valence electrons. The second kappa shape index (κ2) is 38.4. The lowest BCUT2D eigenvalue weighted by Gasteiger charge is -2.23. The van der Waals surface area contributed by atoms with Crippen molar-refractivity contribution in [3.05, 3.63) is 0 Å². The van der Waals surface area contributed by atoms with Gasteiger partial charge in [-0.15, -0.1) is 0 Å². The summed E-state index contributed by atoms with van der Waals surface area (Å²) in [6.45, 7) is 9.79. The molecular weight excluding hydrogens is 803 g/mol. The third-order valence-corrected chi connectivity index (χ3v) is 11.2. The van der Waals surface area contributed by atoms with E-state index in [1.807, 2.05) is 27.7 Å². The summed E-state index contributed by atoms with van der Waals surface area (Å²) < 4.78 is 45.1. The number of nitrogens with two attached hydrogens (primary N) is 2. The van der Waals surface area contributed by atoms with Crippen LogP contribution in [0.25, 0.3) is 0 Å². The van der Waals surface area contributed by atoms with Crippen LogP contribution in [0.4, 0.5) is 0 Å². The Morgan fingerprint density at radius 2 is 0.820 bits per heavy atom. The van der Waals surface area contributed by atoms with Crippen molar-refractivity contribution in [2.45, 2.75) is 233 Å². The molecule has 5 N–H and O–H groups in total. The smallest absolute Gasteiger partial charge is 0.462 e. The first kappa shape index (κ1) is 58.9. The third-order valence-electron chi connectivity index (χ3n) is 10.3. The van der Waals surface area contributed by atoms with E-state index in [1.165, 1.54) is 89.9 Å². The van der Waals surface area contributed by atoms with E-state index in [9.17, 15) is 28.6 Å². The predicted octanol–water partition coefficient (Wildman–Crippen LogP) is 10.2. The fourth-order valence-corrected chi connectivity index (χ4v) is 7.52. The van der Waals surface area contributed by atoms with Crippen LogP contribution in [0.15, 0.2) is 0 Å². The largest absolute Gasteiger partial charge is 0.472 e. The molecule has 0 aromatic heterocycles. The van der Waals surface area contributed by atoms with Crippen LogP contribution in [0.2, 0.25) is 0 Å². The molecule has 0 radical (unpaired) electrons. The highest BCUT2D eigenvalue weighted by Crippen LogP contribution is 2.43. The van der Waals surface area contributed by atoms with Crippen LogP contribution >= 0.6 is 7.82 Å². The maximum absolute atomic E-state index is 13.1. The van der Waals surface area contributed by atoms with Crippen LogP contribution < -0.4 is 11.5 Å². The van der Waals surface area contributed by atoms with Gasteiger partial charge in [0, 0.05) is 12.8 Å². The van der Waals surface area contributed by atoms with Crippen molar-refractivity contribution in [3.63, 3.8) is 0 Å². The molecule has 0 fully saturated rings. The van der Waals surface area contributed by atoms with Gasteiger partial charge >= 0.3 is 31.7 Å². The van der Waals surface area contributed by atoms with Crippen LogP contribution in [-0.4, -0.2) is 79.5 Å². The Morgan fingerprint density at radius 3 is 1.23 bits per heavy atom. The van der Waals surface area contributed by atoms with Gasteiger partial charge in [0.2, 0.25) is 0 Å². The molecule has 0 amide bonds. The van der Waals surface area contributed by atoms with Gasteiger partial charge in [0.25, 0.3) is 0 Å². The van der Waals surface area contributed by atoms with E-state index in [1.54, 1.807) is 0 Å². The first-order valence-electron chi connectivity index (χ1n) is 23.9. The first-order chi connectivity index (χ1) is 29.1. The fraction of sp³-hybridized carbons (Fsp3) is 0.913. The maximum atomic E-state index is 13.1. The Balaban J connectivity index is 5.26. The van der Waals surface area contributed by atoms with Crippen LogP contribution in [0.3, 0.4) is 0 Å². The van der Waals surface area contributed by atoms with Gasteiger partial charge in [-0.25, -0.2) is 4.57 Å². The van der Waals surface area contributed by atoms with E-state index in [0.717, 1.165) is 38.5 Å². The number of unbranched alkanes of at least 4 members (excludes halogenated alkanes) is 20. The van der Waals surface area contributed by atoms with Crippen LogP contribution in [0, 0.1) is 11.8 Å². The van der Waals surface area contributed by atoms with E-state index < -0.39 is 75.8 Å². The molecule has 0 heterocycles. The lowest BCUT2D eigenvalue weighted by molar-refractivity contribution is -0.163. The summed E-state index contributed by atoms with van der Waals surface area (Å²) in [4.78, 5) is 61.3. The molecule has 2 unspecified atom stereocenters. The molecule has 0 rings (SSSR count). The molecular formula is C46H89N2O12P. The van der Waals surface area contributed by atoms with Gasteiger partial charge in [0.05, 0.1) is 13.2 Å². The van der Waals surface area contributed by atoms with Crippen molar-refractivity contribution >= 4 is 31.7 Å². The highest BCUT2D eigenvalue weighted by Gasteiger charge is 2.30. The van der Waals surface area contributed by atoms with Gasteiger partial charge in [0.1, 0.15) is 25.3 Å². The van der Waals surface area contributed by atoms with Crippen LogP contribution in [-0.2, 0) is 51.7 Å². The Labute approximate surface area is 370 Å². The van der Waals surface area contributed by atoms with Gasteiger partial charge in [-0.05, 0) is 37.5 Å². The monoisotopic (exact) mass is 893 g/mol. The lowest BCUT2D eigenvalue weighted by atomic mass is 10.0. The van der Waals surface area contributed by atoms with E-state index >= 15 is 0 Å². The summed E-state index contributed by atoms with van der Waals surface area (Å²) in [5, 5.41) is 0. The molecule has 15 heteroatoms. The van der Waals surface area contributed by atoms with Gasteiger partial charge in [-0.1, -0.05) is 170 Å². The van der Waals surface area contributed by atoms with E-state index in [0.29, 0.717) is 25.7 Å². The Morgan fingerprint density at radius 1 is 0.475 bits per heavy atom. The van der Waals surface area contributed by atoms with Gasteiger partial charge in [0.15, 0.2) is 12.2 Å². The molecule has 0 saturated heterocycles. The summed E-state index contributed by atoms with van der Waals surface area (Å²) in [5.41, 5.74) is 11.9. The molecule has 5 atom stereocenters. The molecule has 0 spiro atoms. The van der Waals surface area contributed by atoms with Gasteiger partial charge in [-0.2, -0.15) is 0 Å².